The summed E-state index contributed by atoms with van der Waals surface area (Å²) in [5.74, 6) is 1.22. The Bertz CT molecular complexity index is 838. The highest BCUT2D eigenvalue weighted by molar-refractivity contribution is 6.30. The molecule has 0 aliphatic carbocycles. The number of methoxy groups -OCH3 is 1. The van der Waals surface area contributed by atoms with Gasteiger partial charge in [-0.05, 0) is 23.8 Å². The molecule has 7 heteroatoms. The molecule has 6 nitrogen and oxygen atoms in total. The van der Waals surface area contributed by atoms with E-state index < -0.39 is 6.04 Å². The highest BCUT2D eigenvalue weighted by atomic mass is 35.5. The van der Waals surface area contributed by atoms with Gasteiger partial charge in [0.25, 0.3) is 5.91 Å². The Kier molecular flexibility index (Phi) is 4.57. The van der Waals surface area contributed by atoms with Gasteiger partial charge in [0.05, 0.1) is 12.1 Å². The largest absolute Gasteiger partial charge is 0.497 e. The van der Waals surface area contributed by atoms with Crippen LogP contribution in [0.4, 0.5) is 0 Å². The maximum atomic E-state index is 12.5. The number of imidazole rings is 1. The van der Waals surface area contributed by atoms with E-state index in [1.54, 1.807) is 25.6 Å². The molecule has 1 amide bonds. The summed E-state index contributed by atoms with van der Waals surface area (Å²) in [6.45, 7) is 0. The third-order valence-electron chi connectivity index (χ3n) is 3.73. The molecular formula is C17H17ClN4O2. The normalized spacial score (nSPS) is 12.0. The molecule has 24 heavy (non-hydrogen) atoms. The summed E-state index contributed by atoms with van der Waals surface area (Å²) in [6, 6.07) is 8.69. The Hall–Kier alpha value is -2.73. The fourth-order valence-corrected chi connectivity index (χ4v) is 2.62. The lowest BCUT2D eigenvalue weighted by atomic mass is 10.1. The number of aromatic amines is 1. The fourth-order valence-electron chi connectivity index (χ4n) is 2.46. The van der Waals surface area contributed by atoms with Gasteiger partial charge in [0.1, 0.15) is 23.3 Å². The molecule has 1 atom stereocenters. The van der Waals surface area contributed by atoms with Crippen molar-refractivity contribution in [2.24, 2.45) is 7.05 Å². The quantitative estimate of drug-likeness (QED) is 0.747. The van der Waals surface area contributed by atoms with Crippen molar-refractivity contribution in [1.82, 2.24) is 19.9 Å². The van der Waals surface area contributed by atoms with Crippen molar-refractivity contribution in [2.45, 2.75) is 6.04 Å². The van der Waals surface area contributed by atoms with E-state index in [1.807, 2.05) is 42.1 Å². The number of H-pyrrole nitrogens is 1. The molecule has 124 valence electrons. The van der Waals surface area contributed by atoms with E-state index >= 15 is 0 Å². The second-order valence-corrected chi connectivity index (χ2v) is 5.74. The van der Waals surface area contributed by atoms with Crippen molar-refractivity contribution < 1.29 is 9.53 Å². The van der Waals surface area contributed by atoms with Crippen molar-refractivity contribution in [3.8, 4) is 5.75 Å². The number of ether oxygens (including phenoxy) is 1. The van der Waals surface area contributed by atoms with Gasteiger partial charge in [-0.3, -0.25) is 4.79 Å². The number of hydrogen-bond donors (Lipinski definition) is 2. The fraction of sp³-hybridized carbons (Fsp3) is 0.176. The first kappa shape index (κ1) is 16.1. The van der Waals surface area contributed by atoms with Gasteiger partial charge in [0, 0.05) is 25.6 Å². The van der Waals surface area contributed by atoms with Gasteiger partial charge in [-0.2, -0.15) is 0 Å². The van der Waals surface area contributed by atoms with Crippen molar-refractivity contribution in [3.05, 3.63) is 71.0 Å². The summed E-state index contributed by atoms with van der Waals surface area (Å²) in [7, 11) is 3.50. The lowest BCUT2D eigenvalue weighted by Gasteiger charge is -2.19. The van der Waals surface area contributed by atoms with Gasteiger partial charge >= 0.3 is 0 Å². The first-order valence-corrected chi connectivity index (χ1v) is 7.72. The Morgan fingerprint density at radius 2 is 2.12 bits per heavy atom. The number of rotatable bonds is 5. The molecule has 0 aliphatic rings. The molecule has 0 spiro atoms. The van der Waals surface area contributed by atoms with Crippen LogP contribution in [0.2, 0.25) is 5.02 Å². The van der Waals surface area contributed by atoms with Crippen LogP contribution in [0.3, 0.4) is 0 Å². The van der Waals surface area contributed by atoms with Gasteiger partial charge in [-0.25, -0.2) is 4.98 Å². The summed E-state index contributed by atoms with van der Waals surface area (Å²) in [5, 5.41) is 3.48. The SMILES string of the molecule is COc1ccc(C(NC(=O)c2cc(Cl)c[nH]2)c2nccn2C)cc1. The van der Waals surface area contributed by atoms with Crippen molar-refractivity contribution >= 4 is 17.5 Å². The molecule has 0 saturated heterocycles. The summed E-state index contributed by atoms with van der Waals surface area (Å²) in [6.07, 6.45) is 5.10. The van der Waals surface area contributed by atoms with Crippen LogP contribution in [0.1, 0.15) is 27.9 Å². The Morgan fingerprint density at radius 1 is 1.38 bits per heavy atom. The zero-order valence-corrected chi connectivity index (χ0v) is 14.0. The minimum atomic E-state index is -0.398. The molecule has 1 aromatic carbocycles. The minimum Gasteiger partial charge on any atom is -0.497 e. The molecule has 2 N–H and O–H groups in total. The number of aryl methyl sites for hydroxylation is 1. The molecular weight excluding hydrogens is 328 g/mol. The predicted molar refractivity (Wildman–Crippen MR) is 91.3 cm³/mol. The zero-order chi connectivity index (χ0) is 17.1. The first-order valence-electron chi connectivity index (χ1n) is 7.34. The topological polar surface area (TPSA) is 71.9 Å². The van der Waals surface area contributed by atoms with Gasteiger partial charge in [-0.15, -0.1) is 0 Å². The molecule has 3 rings (SSSR count). The molecule has 3 aromatic rings. The van der Waals surface area contributed by atoms with Gasteiger partial charge in [-0.1, -0.05) is 23.7 Å². The number of benzene rings is 1. The monoisotopic (exact) mass is 344 g/mol. The maximum absolute atomic E-state index is 12.5. The van der Waals surface area contributed by atoms with Gasteiger partial charge in [0.2, 0.25) is 0 Å². The lowest BCUT2D eigenvalue weighted by Crippen LogP contribution is -2.31. The van der Waals surface area contributed by atoms with E-state index in [-0.39, 0.29) is 5.91 Å². The number of nitrogens with zero attached hydrogens (tertiary/aromatic N) is 2. The smallest absolute Gasteiger partial charge is 0.268 e. The summed E-state index contributed by atoms with van der Waals surface area (Å²) >= 11 is 5.87. The predicted octanol–water partition coefficient (Wildman–Crippen LogP) is 2.93. The minimum absolute atomic E-state index is 0.259. The van der Waals surface area contributed by atoms with Gasteiger partial charge in [0.15, 0.2) is 0 Å². The first-order chi connectivity index (χ1) is 11.6. The summed E-state index contributed by atoms with van der Waals surface area (Å²) in [5.41, 5.74) is 1.30. The van der Waals surface area contributed by atoms with Crippen LogP contribution in [0.5, 0.6) is 5.75 Å². The lowest BCUT2D eigenvalue weighted by molar-refractivity contribution is 0.0936. The second-order valence-electron chi connectivity index (χ2n) is 5.31. The number of aromatic nitrogens is 3. The Morgan fingerprint density at radius 3 is 2.67 bits per heavy atom. The van der Waals surface area contributed by atoms with Crippen molar-refractivity contribution in [2.75, 3.05) is 7.11 Å². The number of halogens is 1. The van der Waals surface area contributed by atoms with Crippen LogP contribution in [-0.2, 0) is 7.05 Å². The highest BCUT2D eigenvalue weighted by Crippen LogP contribution is 2.23. The van der Waals surface area contributed by atoms with Crippen LogP contribution < -0.4 is 10.1 Å². The van der Waals surface area contributed by atoms with E-state index in [9.17, 15) is 4.79 Å². The van der Waals surface area contributed by atoms with Crippen LogP contribution in [0, 0.1) is 0 Å². The van der Waals surface area contributed by atoms with Crippen LogP contribution in [0.15, 0.2) is 48.9 Å². The van der Waals surface area contributed by atoms with E-state index in [0.29, 0.717) is 10.7 Å². The standard InChI is InChI=1S/C17H17ClN4O2/c1-22-8-7-19-16(22)15(11-3-5-13(24-2)6-4-11)21-17(23)14-9-12(18)10-20-14/h3-10,15,20H,1-2H3,(H,21,23). The molecule has 2 aromatic heterocycles. The summed E-state index contributed by atoms with van der Waals surface area (Å²) < 4.78 is 7.06. The van der Waals surface area contributed by atoms with E-state index in [0.717, 1.165) is 17.1 Å². The van der Waals surface area contributed by atoms with E-state index in [2.05, 4.69) is 15.3 Å². The number of nitrogens with one attached hydrogen (secondary N) is 2. The molecule has 0 aliphatic heterocycles. The van der Waals surface area contributed by atoms with Crippen LogP contribution in [-0.4, -0.2) is 27.6 Å². The number of hydrogen-bond acceptors (Lipinski definition) is 3. The molecule has 0 saturated carbocycles. The second kappa shape index (κ2) is 6.80. The van der Waals surface area contributed by atoms with Crippen LogP contribution in [0.25, 0.3) is 0 Å². The third-order valence-corrected chi connectivity index (χ3v) is 3.95. The molecule has 0 fully saturated rings. The average Bonchev–Trinajstić information content (AvgIpc) is 3.21. The third kappa shape index (κ3) is 3.28. The van der Waals surface area contributed by atoms with Crippen LogP contribution >= 0.6 is 11.6 Å². The Balaban J connectivity index is 1.93. The summed E-state index contributed by atoms with van der Waals surface area (Å²) in [4.78, 5) is 19.7. The number of amides is 1. The highest BCUT2D eigenvalue weighted by Gasteiger charge is 2.22. The number of carbonyl (C=O) groups excluding carboxylic acids is 1. The zero-order valence-electron chi connectivity index (χ0n) is 13.3. The van der Waals surface area contributed by atoms with E-state index in [1.165, 1.54) is 0 Å². The van der Waals surface area contributed by atoms with Crippen molar-refractivity contribution in [3.63, 3.8) is 0 Å². The van der Waals surface area contributed by atoms with Crippen molar-refractivity contribution in [1.29, 1.82) is 0 Å². The van der Waals surface area contributed by atoms with Gasteiger partial charge < -0.3 is 19.6 Å². The number of carbonyl (C=O) groups is 1. The molecule has 2 heterocycles. The average molecular weight is 345 g/mol. The molecule has 1 unspecified atom stereocenters. The maximum Gasteiger partial charge on any atom is 0.268 e. The molecule has 0 bridgehead atoms. The molecule has 0 radical (unpaired) electrons. The Labute approximate surface area is 144 Å². The van der Waals surface area contributed by atoms with E-state index in [4.69, 9.17) is 16.3 Å².